The number of allylic oxidation sites excluding steroid dienone is 3. The number of hydrogen-bond acceptors (Lipinski definition) is 3. The molecule has 1 heterocycles. The molecule has 1 aromatic rings. The van der Waals surface area contributed by atoms with Gasteiger partial charge in [-0.25, -0.2) is 14.6 Å². The lowest BCUT2D eigenvalue weighted by Crippen LogP contribution is -2.54. The highest BCUT2D eigenvalue weighted by atomic mass is 16.2. The molecular weight excluding hydrogens is 268 g/mol. The van der Waals surface area contributed by atoms with Crippen molar-refractivity contribution >= 4 is 23.5 Å². The van der Waals surface area contributed by atoms with Crippen LogP contribution in [0, 0.1) is 0 Å². The Hall–Kier alpha value is -2.95. The summed E-state index contributed by atoms with van der Waals surface area (Å²) in [6, 6.07) is 7.76. The van der Waals surface area contributed by atoms with Crippen molar-refractivity contribution in [2.24, 2.45) is 0 Å². The zero-order valence-electron chi connectivity index (χ0n) is 11.4. The highest BCUT2D eigenvalue weighted by Crippen LogP contribution is 2.24. The fraction of sp³-hybridized carbons (Fsp3) is 0.0625. The highest BCUT2D eigenvalue weighted by molar-refractivity contribution is 6.26. The van der Waals surface area contributed by atoms with Crippen LogP contribution in [0.5, 0.6) is 0 Å². The van der Waals surface area contributed by atoms with E-state index in [1.165, 1.54) is 18.2 Å². The Balaban J connectivity index is 2.45. The zero-order valence-corrected chi connectivity index (χ0v) is 11.4. The number of benzene rings is 1. The van der Waals surface area contributed by atoms with Crippen molar-refractivity contribution in [1.82, 2.24) is 4.90 Å². The number of nitrogens with zero attached hydrogens (tertiary/aromatic N) is 2. The molecule has 0 aromatic heterocycles. The molecule has 1 aliphatic heterocycles. The largest absolute Gasteiger partial charge is 0.342 e. The number of para-hydroxylation sites is 1. The molecule has 0 bridgehead atoms. The quantitative estimate of drug-likeness (QED) is 0.630. The summed E-state index contributed by atoms with van der Waals surface area (Å²) in [7, 11) is 0. The lowest BCUT2D eigenvalue weighted by molar-refractivity contribution is -0.133. The Bertz CT molecular complexity index is 647. The van der Waals surface area contributed by atoms with E-state index in [1.807, 2.05) is 0 Å². The van der Waals surface area contributed by atoms with Crippen molar-refractivity contribution in [2.75, 3.05) is 4.90 Å². The summed E-state index contributed by atoms with van der Waals surface area (Å²) in [5.41, 5.74) is 0.709. The van der Waals surface area contributed by atoms with Gasteiger partial charge in [0, 0.05) is 0 Å². The van der Waals surface area contributed by atoms with Crippen LogP contribution in [0.15, 0.2) is 67.4 Å². The van der Waals surface area contributed by atoms with Gasteiger partial charge < -0.3 is 0 Å². The van der Waals surface area contributed by atoms with E-state index in [0.29, 0.717) is 5.69 Å². The Labute approximate surface area is 122 Å². The zero-order chi connectivity index (χ0) is 15.4. The second-order valence-corrected chi connectivity index (χ2v) is 4.28. The van der Waals surface area contributed by atoms with Crippen molar-refractivity contribution in [3.8, 4) is 0 Å². The standard InChI is InChI=1S/C16H14N2O3/c1-3-8-12(4-2)17-14(19)11-15(20)18(16(17)21)13-9-6-5-7-10-13/h3-10H,1-2,11H2/b12-8+. The summed E-state index contributed by atoms with van der Waals surface area (Å²) in [5, 5.41) is 0. The molecule has 1 aliphatic rings. The van der Waals surface area contributed by atoms with Gasteiger partial charge in [-0.2, -0.15) is 0 Å². The molecule has 2 rings (SSSR count). The summed E-state index contributed by atoms with van der Waals surface area (Å²) in [4.78, 5) is 38.5. The van der Waals surface area contributed by atoms with Crippen molar-refractivity contribution in [1.29, 1.82) is 0 Å². The maximum atomic E-state index is 12.5. The summed E-state index contributed by atoms with van der Waals surface area (Å²) in [5.74, 6) is -1.13. The van der Waals surface area contributed by atoms with Crippen LogP contribution in [0.3, 0.4) is 0 Å². The highest BCUT2D eigenvalue weighted by Gasteiger charge is 2.39. The number of barbiturate groups is 1. The summed E-state index contributed by atoms with van der Waals surface area (Å²) >= 11 is 0. The minimum Gasteiger partial charge on any atom is -0.273 e. The average Bonchev–Trinajstić information content (AvgIpc) is 2.47. The monoisotopic (exact) mass is 282 g/mol. The van der Waals surface area contributed by atoms with Crippen molar-refractivity contribution in [3.63, 3.8) is 0 Å². The fourth-order valence-electron chi connectivity index (χ4n) is 2.04. The Morgan fingerprint density at radius 3 is 2.29 bits per heavy atom. The third-order valence-electron chi connectivity index (χ3n) is 2.95. The van der Waals surface area contributed by atoms with Gasteiger partial charge in [0.1, 0.15) is 6.42 Å². The Kier molecular flexibility index (Phi) is 4.13. The van der Waals surface area contributed by atoms with Crippen molar-refractivity contribution in [3.05, 3.63) is 67.4 Å². The molecule has 5 heteroatoms. The van der Waals surface area contributed by atoms with Gasteiger partial charge in [0.05, 0.1) is 11.4 Å². The number of anilines is 1. The first-order valence-corrected chi connectivity index (χ1v) is 6.30. The molecule has 0 N–H and O–H groups in total. The van der Waals surface area contributed by atoms with E-state index < -0.39 is 17.8 Å². The molecule has 0 unspecified atom stereocenters. The van der Waals surface area contributed by atoms with Crippen LogP contribution in [-0.2, 0) is 9.59 Å². The molecule has 21 heavy (non-hydrogen) atoms. The average molecular weight is 282 g/mol. The van der Waals surface area contributed by atoms with Crippen LogP contribution in [0.4, 0.5) is 10.5 Å². The predicted octanol–water partition coefficient (Wildman–Crippen LogP) is 2.63. The fourth-order valence-corrected chi connectivity index (χ4v) is 2.04. The maximum absolute atomic E-state index is 12.5. The number of imide groups is 2. The molecule has 106 valence electrons. The van der Waals surface area contributed by atoms with E-state index in [0.717, 1.165) is 9.80 Å². The Morgan fingerprint density at radius 1 is 1.05 bits per heavy atom. The van der Waals surface area contributed by atoms with Gasteiger partial charge in [-0.3, -0.25) is 9.59 Å². The van der Waals surface area contributed by atoms with Crippen LogP contribution in [0.2, 0.25) is 0 Å². The van der Waals surface area contributed by atoms with E-state index in [2.05, 4.69) is 13.2 Å². The third-order valence-corrected chi connectivity index (χ3v) is 2.95. The minimum atomic E-state index is -0.713. The van der Waals surface area contributed by atoms with Crippen LogP contribution >= 0.6 is 0 Å². The van der Waals surface area contributed by atoms with Crippen LogP contribution in [0.1, 0.15) is 6.42 Å². The summed E-state index contributed by atoms with van der Waals surface area (Å²) in [6.45, 7) is 7.11. The molecular formula is C16H14N2O3. The molecule has 1 saturated heterocycles. The van der Waals surface area contributed by atoms with Crippen molar-refractivity contribution in [2.45, 2.75) is 6.42 Å². The molecule has 1 aromatic carbocycles. The lowest BCUT2D eigenvalue weighted by atomic mass is 10.2. The Morgan fingerprint density at radius 2 is 1.71 bits per heavy atom. The molecule has 0 radical (unpaired) electrons. The smallest absolute Gasteiger partial charge is 0.273 e. The maximum Gasteiger partial charge on any atom is 0.342 e. The second kappa shape index (κ2) is 6.00. The van der Waals surface area contributed by atoms with Gasteiger partial charge in [0.15, 0.2) is 0 Å². The van der Waals surface area contributed by atoms with Gasteiger partial charge >= 0.3 is 6.03 Å². The summed E-state index contributed by atoms with van der Waals surface area (Å²) < 4.78 is 0. The second-order valence-electron chi connectivity index (χ2n) is 4.28. The van der Waals surface area contributed by atoms with E-state index in [1.54, 1.807) is 30.3 Å². The van der Waals surface area contributed by atoms with Gasteiger partial charge in [0.25, 0.3) is 0 Å². The van der Waals surface area contributed by atoms with Crippen LogP contribution < -0.4 is 4.90 Å². The number of rotatable bonds is 4. The number of urea groups is 1. The minimum absolute atomic E-state index is 0.286. The van der Waals surface area contributed by atoms with Gasteiger partial charge in [-0.05, 0) is 24.3 Å². The first kappa shape index (κ1) is 14.5. The number of amides is 4. The molecule has 5 nitrogen and oxygen atoms in total. The normalized spacial score (nSPS) is 16.2. The molecule has 0 saturated carbocycles. The van der Waals surface area contributed by atoms with Crippen LogP contribution in [0.25, 0.3) is 0 Å². The lowest BCUT2D eigenvalue weighted by Gasteiger charge is -2.33. The van der Waals surface area contributed by atoms with E-state index >= 15 is 0 Å². The van der Waals surface area contributed by atoms with Crippen LogP contribution in [-0.4, -0.2) is 22.7 Å². The molecule has 0 atom stereocenters. The van der Waals surface area contributed by atoms with E-state index in [-0.39, 0.29) is 12.1 Å². The predicted molar refractivity (Wildman–Crippen MR) is 79.3 cm³/mol. The van der Waals surface area contributed by atoms with Gasteiger partial charge in [0.2, 0.25) is 11.8 Å². The SMILES string of the molecule is C=C/C=C(\C=C)N1C(=O)CC(=O)N(c2ccccc2)C1=O. The molecule has 1 fully saturated rings. The first-order valence-electron chi connectivity index (χ1n) is 6.30. The molecule has 0 aliphatic carbocycles. The van der Waals surface area contributed by atoms with E-state index in [4.69, 9.17) is 0 Å². The number of carbonyl (C=O) groups is 3. The third kappa shape index (κ3) is 2.67. The van der Waals surface area contributed by atoms with Gasteiger partial charge in [-0.15, -0.1) is 0 Å². The summed E-state index contributed by atoms with van der Waals surface area (Å²) in [6.07, 6.45) is 3.93. The molecule has 4 amide bonds. The van der Waals surface area contributed by atoms with Crippen molar-refractivity contribution < 1.29 is 14.4 Å². The first-order chi connectivity index (χ1) is 10.1. The van der Waals surface area contributed by atoms with E-state index in [9.17, 15) is 14.4 Å². The van der Waals surface area contributed by atoms with Gasteiger partial charge in [-0.1, -0.05) is 37.4 Å². The topological polar surface area (TPSA) is 57.7 Å². The number of hydrogen-bond donors (Lipinski definition) is 0. The number of carbonyl (C=O) groups excluding carboxylic acids is 3. The molecule has 0 spiro atoms.